The largest absolute Gasteiger partial charge is 2.00 e. The van der Waals surface area contributed by atoms with E-state index in [9.17, 15) is 0 Å². The summed E-state index contributed by atoms with van der Waals surface area (Å²) in [6.07, 6.45) is 0. The molecule has 0 atom stereocenters. The first kappa shape index (κ1) is 15.7. The number of hydrogen-bond acceptors (Lipinski definition) is 4. The minimum Gasteiger partial charge on any atom is -0.543 e. The summed E-state index contributed by atoms with van der Waals surface area (Å²) in [6.45, 7) is 0. The van der Waals surface area contributed by atoms with E-state index < -0.39 is 11.9 Å². The van der Waals surface area contributed by atoms with Crippen molar-refractivity contribution in [3.63, 3.8) is 0 Å². The van der Waals surface area contributed by atoms with Gasteiger partial charge >= 0.3 is 26.2 Å². The van der Waals surface area contributed by atoms with Gasteiger partial charge in [-0.2, -0.15) is 0 Å². The number of carboxylic acid groups (broad SMARTS) is 2. The molecule has 0 aliphatic rings. The Morgan fingerprint density at radius 2 is 1.12 bits per heavy atom. The van der Waals surface area contributed by atoms with Crippen LogP contribution in [-0.4, -0.2) is 11.9 Å². The van der Waals surface area contributed by atoms with Crippen LogP contribution in [0.5, 0.6) is 0 Å². The van der Waals surface area contributed by atoms with E-state index in [1.165, 1.54) is 0 Å². The summed E-state index contributed by atoms with van der Waals surface area (Å²) in [4.78, 5) is 17.9. The SMILES string of the molecule is O=C([O-])C(=O)[O-].[NH4+].[Zr+2]. The molecule has 0 aromatic heterocycles. The molecule has 0 aliphatic carbocycles. The number of rotatable bonds is 0. The fourth-order valence-electron chi connectivity index (χ4n) is 0. The summed E-state index contributed by atoms with van der Waals surface area (Å²) >= 11 is 0. The molecule has 8 heavy (non-hydrogen) atoms. The van der Waals surface area contributed by atoms with Crippen molar-refractivity contribution in [2.75, 3.05) is 0 Å². The van der Waals surface area contributed by atoms with Gasteiger partial charge in [0, 0.05) is 0 Å². The number of hydrogen-bond donors (Lipinski definition) is 1. The predicted octanol–water partition coefficient (Wildman–Crippen LogP) is -3.14. The average molecular weight is 197 g/mol. The molecule has 0 amide bonds. The minimum atomic E-state index is -2.19. The van der Waals surface area contributed by atoms with Crippen molar-refractivity contribution in [2.45, 2.75) is 0 Å². The Hall–Kier alpha value is -0.217. The zero-order valence-corrected chi connectivity index (χ0v) is 6.59. The van der Waals surface area contributed by atoms with E-state index in [2.05, 4.69) is 0 Å². The molecule has 0 aromatic rings. The van der Waals surface area contributed by atoms with E-state index in [4.69, 9.17) is 19.8 Å². The van der Waals surface area contributed by atoms with E-state index in [0.29, 0.717) is 0 Å². The molecular weight excluding hydrogens is 193 g/mol. The zero-order valence-electron chi connectivity index (χ0n) is 4.13. The number of carbonyl (C=O) groups is 2. The number of carboxylic acids is 2. The molecule has 0 saturated heterocycles. The van der Waals surface area contributed by atoms with E-state index in [0.717, 1.165) is 0 Å². The zero-order chi connectivity index (χ0) is 5.15. The van der Waals surface area contributed by atoms with Gasteiger partial charge in [-0.05, 0) is 0 Å². The molecule has 0 fully saturated rings. The fraction of sp³-hybridized carbons (Fsp3) is 0. The van der Waals surface area contributed by atoms with E-state index in [1.54, 1.807) is 0 Å². The van der Waals surface area contributed by atoms with Gasteiger partial charge in [-0.15, -0.1) is 0 Å². The van der Waals surface area contributed by atoms with Gasteiger partial charge in [0.2, 0.25) is 0 Å². The summed E-state index contributed by atoms with van der Waals surface area (Å²) < 4.78 is 0. The maximum Gasteiger partial charge on any atom is 2.00 e. The molecule has 44 valence electrons. The van der Waals surface area contributed by atoms with Gasteiger partial charge in [0.25, 0.3) is 0 Å². The van der Waals surface area contributed by atoms with Crippen molar-refractivity contribution in [1.29, 1.82) is 0 Å². The Morgan fingerprint density at radius 1 is 1.00 bits per heavy atom. The van der Waals surface area contributed by atoms with Crippen LogP contribution in [0.3, 0.4) is 0 Å². The van der Waals surface area contributed by atoms with Crippen LogP contribution in [0.15, 0.2) is 0 Å². The molecule has 0 spiro atoms. The summed E-state index contributed by atoms with van der Waals surface area (Å²) in [5.41, 5.74) is 0. The second-order valence-corrected chi connectivity index (χ2v) is 0.575. The van der Waals surface area contributed by atoms with Crippen molar-refractivity contribution in [1.82, 2.24) is 6.15 Å². The van der Waals surface area contributed by atoms with Crippen LogP contribution in [0.4, 0.5) is 0 Å². The number of carbonyl (C=O) groups excluding carboxylic acids is 2. The summed E-state index contributed by atoms with van der Waals surface area (Å²) in [5, 5.41) is 17.9. The van der Waals surface area contributed by atoms with Gasteiger partial charge in [-0.3, -0.25) is 0 Å². The topological polar surface area (TPSA) is 117 Å². The van der Waals surface area contributed by atoms with Gasteiger partial charge in [0.15, 0.2) is 0 Å². The van der Waals surface area contributed by atoms with E-state index in [1.807, 2.05) is 0 Å². The molecule has 4 N–H and O–H groups in total. The van der Waals surface area contributed by atoms with Crippen LogP contribution in [0.25, 0.3) is 0 Å². The van der Waals surface area contributed by atoms with E-state index >= 15 is 0 Å². The quantitative estimate of drug-likeness (QED) is 0.413. The Morgan fingerprint density at radius 3 is 1.12 bits per heavy atom. The molecule has 0 heterocycles. The summed E-state index contributed by atoms with van der Waals surface area (Å²) in [6, 6.07) is 0. The molecular formula is C2H4NO4Zr+. The third kappa shape index (κ3) is 9.24. The number of quaternary nitrogens is 1. The predicted molar refractivity (Wildman–Crippen MR) is 16.0 cm³/mol. The Bertz CT molecular complexity index is 80.0. The normalized spacial score (nSPS) is 5.50. The standard InChI is InChI=1S/C2H2O4.H3N.Zr/c3-1(4)2(5)6;;/h(H,3,4)(H,5,6);1H3;/q;;+2/p-1. The molecule has 0 unspecified atom stereocenters. The van der Waals surface area contributed by atoms with Crippen molar-refractivity contribution in [3.8, 4) is 0 Å². The van der Waals surface area contributed by atoms with Crippen LogP contribution < -0.4 is 16.4 Å². The molecule has 0 bridgehead atoms. The van der Waals surface area contributed by atoms with Crippen LogP contribution in [0.1, 0.15) is 0 Å². The van der Waals surface area contributed by atoms with Gasteiger partial charge in [0.1, 0.15) is 0 Å². The summed E-state index contributed by atoms with van der Waals surface area (Å²) in [5.74, 6) is -4.37. The number of aliphatic carboxylic acids is 2. The van der Waals surface area contributed by atoms with Gasteiger partial charge in [-0.25, -0.2) is 0 Å². The molecule has 0 aromatic carbocycles. The van der Waals surface area contributed by atoms with Crippen LogP contribution in [0.2, 0.25) is 0 Å². The Kier molecular flexibility index (Phi) is 13.3. The van der Waals surface area contributed by atoms with E-state index in [-0.39, 0.29) is 32.4 Å². The second-order valence-electron chi connectivity index (χ2n) is 0.575. The summed E-state index contributed by atoms with van der Waals surface area (Å²) in [7, 11) is 0. The van der Waals surface area contributed by atoms with Crippen molar-refractivity contribution < 1.29 is 46.0 Å². The monoisotopic (exact) mass is 196 g/mol. The molecule has 0 saturated carbocycles. The van der Waals surface area contributed by atoms with Crippen molar-refractivity contribution >= 4 is 11.9 Å². The third-order valence-corrected chi connectivity index (χ3v) is 0.167. The first-order valence-electron chi connectivity index (χ1n) is 1.07. The third-order valence-electron chi connectivity index (χ3n) is 0.167. The first-order chi connectivity index (χ1) is 2.64. The molecule has 0 rings (SSSR count). The van der Waals surface area contributed by atoms with Crippen LogP contribution in [0, 0.1) is 0 Å². The molecule has 0 radical (unpaired) electrons. The minimum absolute atomic E-state index is 0. The van der Waals surface area contributed by atoms with Gasteiger partial charge in [-0.1, -0.05) is 0 Å². The molecule has 5 nitrogen and oxygen atoms in total. The fourth-order valence-corrected chi connectivity index (χ4v) is 0. The van der Waals surface area contributed by atoms with Crippen LogP contribution >= 0.6 is 0 Å². The van der Waals surface area contributed by atoms with Crippen molar-refractivity contribution in [2.24, 2.45) is 0 Å². The molecule has 0 aliphatic heterocycles. The van der Waals surface area contributed by atoms with Crippen LogP contribution in [-0.2, 0) is 35.8 Å². The van der Waals surface area contributed by atoms with Crippen molar-refractivity contribution in [3.05, 3.63) is 0 Å². The smallest absolute Gasteiger partial charge is 0.543 e. The Labute approximate surface area is 64.4 Å². The average Bonchev–Trinajstić information content (AvgIpc) is 1.36. The second kappa shape index (κ2) is 6.78. The first-order valence-corrected chi connectivity index (χ1v) is 1.07. The van der Waals surface area contributed by atoms with Gasteiger partial charge in [0.05, 0.1) is 11.9 Å². The molecule has 6 heteroatoms. The Balaban J connectivity index is -0.000000125. The maximum absolute atomic E-state index is 8.93. The maximum atomic E-state index is 8.93. The van der Waals surface area contributed by atoms with Gasteiger partial charge < -0.3 is 26.0 Å².